The number of fused-ring (bicyclic) bond motifs is 1. The van der Waals surface area contributed by atoms with Crippen LogP contribution < -0.4 is 10.6 Å². The lowest BCUT2D eigenvalue weighted by molar-refractivity contribution is 0.162. The molecule has 2 N–H and O–H groups in total. The average molecular weight is 503 g/mol. The van der Waals surface area contributed by atoms with Crippen molar-refractivity contribution < 1.29 is 0 Å². The van der Waals surface area contributed by atoms with Gasteiger partial charge in [0.2, 0.25) is 0 Å². The van der Waals surface area contributed by atoms with E-state index >= 15 is 0 Å². The van der Waals surface area contributed by atoms with Gasteiger partial charge < -0.3 is 15.5 Å². The number of halogens is 1. The van der Waals surface area contributed by atoms with Crippen LogP contribution >= 0.6 is 24.0 Å². The van der Waals surface area contributed by atoms with Crippen LogP contribution in [-0.2, 0) is 13.0 Å². The molecule has 1 fully saturated rings. The van der Waals surface area contributed by atoms with Gasteiger partial charge in [0.15, 0.2) is 5.96 Å². The van der Waals surface area contributed by atoms with Gasteiger partial charge in [0.1, 0.15) is 11.6 Å². The molecule has 7 nitrogen and oxygen atoms in total. The third-order valence-electron chi connectivity index (χ3n) is 5.38. The lowest BCUT2D eigenvalue weighted by atomic mass is 9.97. The third-order valence-corrected chi connectivity index (χ3v) is 5.38. The quantitative estimate of drug-likeness (QED) is 0.355. The summed E-state index contributed by atoms with van der Waals surface area (Å²) < 4.78 is 2.05. The van der Waals surface area contributed by atoms with E-state index in [0.29, 0.717) is 12.0 Å². The highest BCUT2D eigenvalue weighted by Gasteiger charge is 2.23. The average Bonchev–Trinajstić information content (AvgIpc) is 2.99. The van der Waals surface area contributed by atoms with Crippen LogP contribution in [0.4, 0.5) is 0 Å². The topological polar surface area (TPSA) is 70.4 Å². The number of aromatic nitrogens is 3. The molecule has 160 valence electrons. The van der Waals surface area contributed by atoms with E-state index in [0.717, 1.165) is 56.0 Å². The van der Waals surface area contributed by atoms with Gasteiger partial charge in [-0.3, -0.25) is 4.99 Å². The van der Waals surface area contributed by atoms with Crippen molar-refractivity contribution in [2.24, 2.45) is 16.8 Å². The molecule has 0 spiro atoms. The van der Waals surface area contributed by atoms with E-state index in [4.69, 9.17) is 4.99 Å². The van der Waals surface area contributed by atoms with Crippen LogP contribution in [0.1, 0.15) is 51.7 Å². The fraction of sp³-hybridized carbons (Fsp3) is 0.850. The Bertz CT molecular complexity index is 628. The van der Waals surface area contributed by atoms with Crippen LogP contribution in [0.2, 0.25) is 0 Å². The van der Waals surface area contributed by atoms with E-state index in [1.165, 1.54) is 32.5 Å². The molecule has 0 aliphatic carbocycles. The van der Waals surface area contributed by atoms with E-state index < -0.39 is 0 Å². The summed E-state index contributed by atoms with van der Waals surface area (Å²) in [5.74, 6) is 4.34. The number of rotatable bonds is 6. The molecule has 2 aliphatic heterocycles. The first-order valence-electron chi connectivity index (χ1n) is 10.7. The maximum atomic E-state index is 4.93. The number of guanidine groups is 1. The molecule has 2 aliphatic rings. The van der Waals surface area contributed by atoms with Crippen LogP contribution in [0.3, 0.4) is 0 Å². The molecule has 28 heavy (non-hydrogen) atoms. The summed E-state index contributed by atoms with van der Waals surface area (Å²) in [6.07, 6.45) is 4.65. The Morgan fingerprint density at radius 2 is 2.11 bits per heavy atom. The standard InChI is InChI=1S/C20H37N7.HI/c1-5-21-20(22-11-17-7-6-10-26(13-17)12-15(2)3)24-18-8-9-19-23-16(4)25-27(19)14-18;/h15,17-18H,5-14H2,1-4H3,(H2,21,22,24);1H. The number of likely N-dealkylation sites (tertiary alicyclic amines) is 1. The van der Waals surface area contributed by atoms with Gasteiger partial charge in [-0.15, -0.1) is 24.0 Å². The van der Waals surface area contributed by atoms with Crippen molar-refractivity contribution in [3.63, 3.8) is 0 Å². The van der Waals surface area contributed by atoms with Crippen LogP contribution in [0, 0.1) is 18.8 Å². The molecular weight excluding hydrogens is 465 g/mol. The van der Waals surface area contributed by atoms with E-state index in [9.17, 15) is 0 Å². The second-order valence-corrected chi connectivity index (χ2v) is 8.52. The monoisotopic (exact) mass is 503 g/mol. The summed E-state index contributed by atoms with van der Waals surface area (Å²) in [5.41, 5.74) is 0. The van der Waals surface area contributed by atoms with Crippen molar-refractivity contribution >= 4 is 29.9 Å². The number of nitrogens with one attached hydrogen (secondary N) is 2. The Kier molecular flexibility index (Phi) is 9.46. The molecule has 0 aromatic carbocycles. The van der Waals surface area contributed by atoms with E-state index in [2.05, 4.69) is 46.4 Å². The lowest BCUT2D eigenvalue weighted by Crippen LogP contribution is -2.47. The second-order valence-electron chi connectivity index (χ2n) is 8.52. The number of nitrogens with zero attached hydrogens (tertiary/aromatic N) is 5. The molecule has 1 aromatic heterocycles. The molecule has 1 saturated heterocycles. The molecule has 0 radical (unpaired) electrons. The minimum absolute atomic E-state index is 0. The van der Waals surface area contributed by atoms with Gasteiger partial charge in [-0.1, -0.05) is 13.8 Å². The number of aryl methyl sites for hydroxylation is 2. The third kappa shape index (κ3) is 6.86. The van der Waals surface area contributed by atoms with Gasteiger partial charge in [-0.2, -0.15) is 5.10 Å². The number of piperidine rings is 1. The van der Waals surface area contributed by atoms with E-state index in [-0.39, 0.29) is 24.0 Å². The van der Waals surface area contributed by atoms with Gasteiger partial charge in [-0.05, 0) is 51.5 Å². The van der Waals surface area contributed by atoms with Crippen molar-refractivity contribution in [1.29, 1.82) is 0 Å². The molecular formula is C20H38IN7. The number of hydrogen-bond acceptors (Lipinski definition) is 4. The van der Waals surface area contributed by atoms with Gasteiger partial charge in [0, 0.05) is 38.6 Å². The number of aliphatic imine (C=N–C) groups is 1. The first kappa shape index (κ1) is 23.4. The largest absolute Gasteiger partial charge is 0.357 e. The highest BCUT2D eigenvalue weighted by atomic mass is 127. The van der Waals surface area contributed by atoms with Gasteiger partial charge in [-0.25, -0.2) is 9.67 Å². The first-order chi connectivity index (χ1) is 13.0. The highest BCUT2D eigenvalue weighted by Crippen LogP contribution is 2.18. The van der Waals surface area contributed by atoms with Crippen molar-refractivity contribution in [1.82, 2.24) is 30.3 Å². The minimum Gasteiger partial charge on any atom is -0.357 e. The predicted octanol–water partition coefficient (Wildman–Crippen LogP) is 2.44. The van der Waals surface area contributed by atoms with Crippen molar-refractivity contribution in [2.45, 2.75) is 66.0 Å². The Hall–Kier alpha value is -0.900. The molecule has 0 saturated carbocycles. The smallest absolute Gasteiger partial charge is 0.191 e. The number of hydrogen-bond donors (Lipinski definition) is 2. The zero-order valence-corrected chi connectivity index (χ0v) is 20.3. The van der Waals surface area contributed by atoms with Crippen molar-refractivity contribution in [2.75, 3.05) is 32.7 Å². The Balaban J connectivity index is 0.00000280. The molecule has 2 atom stereocenters. The normalized spacial score (nSPS) is 23.2. The molecule has 8 heteroatoms. The zero-order valence-electron chi connectivity index (χ0n) is 17.9. The molecule has 3 heterocycles. The lowest BCUT2D eigenvalue weighted by Gasteiger charge is -2.33. The fourth-order valence-electron chi connectivity index (χ4n) is 4.27. The van der Waals surface area contributed by atoms with Crippen LogP contribution in [0.25, 0.3) is 0 Å². The SMILES string of the molecule is CCNC(=NCC1CCCN(CC(C)C)C1)NC1CCc2nc(C)nn2C1.I. The Morgan fingerprint density at radius 3 is 2.86 bits per heavy atom. The summed E-state index contributed by atoms with van der Waals surface area (Å²) in [6.45, 7) is 15.0. The first-order valence-corrected chi connectivity index (χ1v) is 10.7. The molecule has 3 rings (SSSR count). The highest BCUT2D eigenvalue weighted by molar-refractivity contribution is 14.0. The van der Waals surface area contributed by atoms with Crippen LogP contribution in [0.15, 0.2) is 4.99 Å². The summed E-state index contributed by atoms with van der Waals surface area (Å²) in [6, 6.07) is 0.361. The summed E-state index contributed by atoms with van der Waals surface area (Å²) in [4.78, 5) is 12.0. The van der Waals surface area contributed by atoms with Crippen LogP contribution in [0.5, 0.6) is 0 Å². The van der Waals surface area contributed by atoms with Crippen molar-refractivity contribution in [3.05, 3.63) is 11.6 Å². The van der Waals surface area contributed by atoms with E-state index in [1.807, 2.05) is 11.6 Å². The maximum Gasteiger partial charge on any atom is 0.191 e. The summed E-state index contributed by atoms with van der Waals surface area (Å²) >= 11 is 0. The molecule has 1 aromatic rings. The van der Waals surface area contributed by atoms with E-state index in [1.54, 1.807) is 0 Å². The zero-order chi connectivity index (χ0) is 19.2. The molecule has 0 amide bonds. The minimum atomic E-state index is 0. The molecule has 0 bridgehead atoms. The van der Waals surface area contributed by atoms with Crippen LogP contribution in [-0.4, -0.2) is 64.4 Å². The maximum absolute atomic E-state index is 4.93. The van der Waals surface area contributed by atoms with Gasteiger partial charge in [0.05, 0.1) is 6.54 Å². The Morgan fingerprint density at radius 1 is 1.29 bits per heavy atom. The van der Waals surface area contributed by atoms with Gasteiger partial charge in [0.25, 0.3) is 0 Å². The second kappa shape index (κ2) is 11.3. The Labute approximate surface area is 187 Å². The predicted molar refractivity (Wildman–Crippen MR) is 125 cm³/mol. The summed E-state index contributed by atoms with van der Waals surface area (Å²) in [7, 11) is 0. The fourth-order valence-corrected chi connectivity index (χ4v) is 4.27. The summed E-state index contributed by atoms with van der Waals surface area (Å²) in [5, 5.41) is 11.6. The van der Waals surface area contributed by atoms with Crippen molar-refractivity contribution in [3.8, 4) is 0 Å². The van der Waals surface area contributed by atoms with Gasteiger partial charge >= 0.3 is 0 Å². The molecule has 2 unspecified atom stereocenters.